The monoisotopic (exact) mass is 429 g/mol. The van der Waals surface area contributed by atoms with E-state index in [4.69, 9.17) is 11.6 Å². The molecular weight excluding hydrogens is 406 g/mol. The van der Waals surface area contributed by atoms with E-state index in [1.165, 1.54) is 4.90 Å². The van der Waals surface area contributed by atoms with Gasteiger partial charge in [0.05, 0.1) is 29.3 Å². The lowest BCUT2D eigenvalue weighted by Crippen LogP contribution is -2.44. The van der Waals surface area contributed by atoms with Gasteiger partial charge in [-0.3, -0.25) is 9.69 Å². The number of para-hydroxylation sites is 1. The molecule has 30 heavy (non-hydrogen) atoms. The molecule has 158 valence electrons. The first-order valence-electron chi connectivity index (χ1n) is 9.97. The Morgan fingerprint density at radius 3 is 2.57 bits per heavy atom. The molecule has 1 fully saturated rings. The second-order valence-electron chi connectivity index (χ2n) is 7.86. The fourth-order valence-electron chi connectivity index (χ4n) is 4.15. The minimum Gasteiger partial charge on any atom is -0.465 e. The van der Waals surface area contributed by atoms with Crippen molar-refractivity contribution in [2.75, 3.05) is 29.4 Å². The molecule has 0 spiro atoms. The SMILES string of the molecule is C[C@@H]1CN(C(=O)c2ccc(N3CCC(O)C3)cc2Cl)c2ccccc2CN1C(=O)O. The van der Waals surface area contributed by atoms with Crippen LogP contribution >= 0.6 is 11.6 Å². The van der Waals surface area contributed by atoms with Crippen molar-refractivity contribution < 1.29 is 19.8 Å². The van der Waals surface area contributed by atoms with Crippen LogP contribution in [-0.4, -0.2) is 58.9 Å². The lowest BCUT2D eigenvalue weighted by Gasteiger charge is -2.28. The van der Waals surface area contributed by atoms with Crippen molar-refractivity contribution in [2.45, 2.75) is 32.0 Å². The lowest BCUT2D eigenvalue weighted by molar-refractivity contribution is 0.0970. The van der Waals surface area contributed by atoms with Crippen molar-refractivity contribution in [3.63, 3.8) is 0 Å². The van der Waals surface area contributed by atoms with Crippen molar-refractivity contribution >= 4 is 35.0 Å². The Bertz CT molecular complexity index is 983. The molecule has 0 saturated carbocycles. The molecular formula is C22H24ClN3O4. The molecule has 1 unspecified atom stereocenters. The minimum atomic E-state index is -1.01. The van der Waals surface area contributed by atoms with Crippen molar-refractivity contribution in [1.82, 2.24) is 4.90 Å². The number of aliphatic hydroxyl groups is 1. The van der Waals surface area contributed by atoms with Crippen molar-refractivity contribution in [3.05, 3.63) is 58.6 Å². The number of anilines is 2. The first kappa shape index (κ1) is 20.5. The molecule has 7 nitrogen and oxygen atoms in total. The predicted octanol–water partition coefficient (Wildman–Crippen LogP) is 3.44. The predicted molar refractivity (Wildman–Crippen MR) is 115 cm³/mol. The van der Waals surface area contributed by atoms with E-state index in [-0.39, 0.29) is 31.1 Å². The van der Waals surface area contributed by atoms with Crippen LogP contribution in [0.1, 0.15) is 29.3 Å². The summed E-state index contributed by atoms with van der Waals surface area (Å²) in [6, 6.07) is 12.3. The molecule has 4 rings (SSSR count). The first-order valence-corrected chi connectivity index (χ1v) is 10.3. The quantitative estimate of drug-likeness (QED) is 0.764. The molecule has 0 bridgehead atoms. The van der Waals surface area contributed by atoms with Gasteiger partial charge in [-0.2, -0.15) is 0 Å². The topological polar surface area (TPSA) is 84.3 Å². The molecule has 2 aromatic rings. The van der Waals surface area contributed by atoms with E-state index in [9.17, 15) is 19.8 Å². The molecule has 0 aromatic heterocycles. The van der Waals surface area contributed by atoms with E-state index >= 15 is 0 Å². The highest BCUT2D eigenvalue weighted by molar-refractivity contribution is 6.34. The molecule has 2 atom stereocenters. The Morgan fingerprint density at radius 1 is 1.13 bits per heavy atom. The number of carbonyl (C=O) groups is 2. The third-order valence-corrected chi connectivity index (χ3v) is 6.12. The summed E-state index contributed by atoms with van der Waals surface area (Å²) in [6.07, 6.45) is -0.653. The average Bonchev–Trinajstić information content (AvgIpc) is 3.09. The van der Waals surface area contributed by atoms with Crippen LogP contribution in [0.25, 0.3) is 0 Å². The van der Waals surface area contributed by atoms with E-state index in [1.807, 2.05) is 35.2 Å². The second-order valence-corrected chi connectivity index (χ2v) is 8.26. The zero-order chi connectivity index (χ0) is 21.4. The van der Waals surface area contributed by atoms with Gasteiger partial charge < -0.3 is 20.0 Å². The number of carboxylic acid groups (broad SMARTS) is 1. The second kappa shape index (κ2) is 8.16. The summed E-state index contributed by atoms with van der Waals surface area (Å²) in [5, 5.41) is 19.7. The summed E-state index contributed by atoms with van der Waals surface area (Å²) >= 11 is 6.50. The van der Waals surface area contributed by atoms with Crippen LogP contribution in [0.2, 0.25) is 5.02 Å². The third kappa shape index (κ3) is 3.82. The lowest BCUT2D eigenvalue weighted by atomic mass is 10.1. The van der Waals surface area contributed by atoms with Gasteiger partial charge in [-0.15, -0.1) is 0 Å². The van der Waals surface area contributed by atoms with Crippen LogP contribution < -0.4 is 9.80 Å². The summed E-state index contributed by atoms with van der Waals surface area (Å²) < 4.78 is 0. The van der Waals surface area contributed by atoms with E-state index < -0.39 is 6.09 Å². The van der Waals surface area contributed by atoms with Gasteiger partial charge in [-0.05, 0) is 43.2 Å². The number of hydrogen-bond donors (Lipinski definition) is 2. The van der Waals surface area contributed by atoms with Crippen molar-refractivity contribution in [1.29, 1.82) is 0 Å². The molecule has 1 saturated heterocycles. The zero-order valence-electron chi connectivity index (χ0n) is 16.7. The number of hydrogen-bond acceptors (Lipinski definition) is 4. The van der Waals surface area contributed by atoms with Crippen molar-refractivity contribution in [3.8, 4) is 0 Å². The summed E-state index contributed by atoms with van der Waals surface area (Å²) in [4.78, 5) is 30.2. The molecule has 2 amide bonds. The van der Waals surface area contributed by atoms with Gasteiger partial charge in [0, 0.05) is 31.0 Å². The number of β-amino-alcohol motifs (C(OH)–C–C–N with tert-alkyl or cyclic N) is 1. The molecule has 8 heteroatoms. The number of benzene rings is 2. The molecule has 0 radical (unpaired) electrons. The first-order chi connectivity index (χ1) is 14.3. The Morgan fingerprint density at radius 2 is 1.90 bits per heavy atom. The van der Waals surface area contributed by atoms with E-state index in [0.717, 1.165) is 17.8 Å². The normalized spacial score (nSPS) is 21.4. The number of fused-ring (bicyclic) bond motifs is 1. The summed E-state index contributed by atoms with van der Waals surface area (Å²) in [6.45, 7) is 3.54. The maximum absolute atomic E-state index is 13.5. The Kier molecular flexibility index (Phi) is 5.58. The van der Waals surface area contributed by atoms with Gasteiger partial charge in [0.2, 0.25) is 0 Å². The highest BCUT2D eigenvalue weighted by Crippen LogP contribution is 2.32. The molecule has 2 aromatic carbocycles. The van der Waals surface area contributed by atoms with Crippen LogP contribution in [0.3, 0.4) is 0 Å². The molecule has 2 aliphatic rings. The van der Waals surface area contributed by atoms with Crippen LogP contribution in [0.4, 0.5) is 16.2 Å². The van der Waals surface area contributed by atoms with Crippen LogP contribution in [0.5, 0.6) is 0 Å². The molecule has 2 heterocycles. The highest BCUT2D eigenvalue weighted by atomic mass is 35.5. The maximum atomic E-state index is 13.5. The number of rotatable bonds is 2. The van der Waals surface area contributed by atoms with Crippen LogP contribution in [0.15, 0.2) is 42.5 Å². The molecule has 0 aliphatic carbocycles. The van der Waals surface area contributed by atoms with Crippen molar-refractivity contribution in [2.24, 2.45) is 0 Å². The van der Waals surface area contributed by atoms with Gasteiger partial charge in [0.15, 0.2) is 0 Å². The minimum absolute atomic E-state index is 0.223. The molecule has 2 aliphatic heterocycles. The van der Waals surface area contributed by atoms with Gasteiger partial charge in [-0.1, -0.05) is 29.8 Å². The fourth-order valence-corrected chi connectivity index (χ4v) is 4.41. The Balaban J connectivity index is 1.66. The standard InChI is InChI=1S/C22H24ClN3O4/c1-14-11-26(20-5-3-2-4-15(20)12-25(14)22(29)30)21(28)18-7-6-16(10-19(18)23)24-9-8-17(27)13-24/h2-7,10,14,17,27H,8-9,11-13H2,1H3,(H,29,30)/t14-,17?/m1/s1. The molecule has 2 N–H and O–H groups in total. The van der Waals surface area contributed by atoms with Gasteiger partial charge in [0.1, 0.15) is 0 Å². The van der Waals surface area contributed by atoms with E-state index in [1.54, 1.807) is 24.0 Å². The smallest absolute Gasteiger partial charge is 0.407 e. The largest absolute Gasteiger partial charge is 0.465 e. The van der Waals surface area contributed by atoms with Gasteiger partial charge in [-0.25, -0.2) is 4.79 Å². The summed E-state index contributed by atoms with van der Waals surface area (Å²) in [7, 11) is 0. The number of carbonyl (C=O) groups excluding carboxylic acids is 1. The number of amides is 2. The summed E-state index contributed by atoms with van der Waals surface area (Å²) in [5.74, 6) is -0.264. The van der Waals surface area contributed by atoms with E-state index in [0.29, 0.717) is 29.2 Å². The number of halogens is 1. The average molecular weight is 430 g/mol. The number of aliphatic hydroxyl groups excluding tert-OH is 1. The maximum Gasteiger partial charge on any atom is 0.407 e. The zero-order valence-corrected chi connectivity index (χ0v) is 17.4. The van der Waals surface area contributed by atoms with E-state index in [2.05, 4.69) is 0 Å². The van der Waals surface area contributed by atoms with Gasteiger partial charge >= 0.3 is 6.09 Å². The fraction of sp³-hybridized carbons (Fsp3) is 0.364. The summed E-state index contributed by atoms with van der Waals surface area (Å²) in [5.41, 5.74) is 2.71. The van der Waals surface area contributed by atoms with Crippen LogP contribution in [-0.2, 0) is 6.54 Å². The third-order valence-electron chi connectivity index (χ3n) is 5.80. The Labute approximate surface area is 180 Å². The number of nitrogens with zero attached hydrogens (tertiary/aromatic N) is 3. The van der Waals surface area contributed by atoms with Gasteiger partial charge in [0.25, 0.3) is 5.91 Å². The van der Waals surface area contributed by atoms with Crippen LogP contribution in [0, 0.1) is 0 Å². The Hall–Kier alpha value is -2.77. The highest BCUT2D eigenvalue weighted by Gasteiger charge is 2.32.